The second-order valence-corrected chi connectivity index (χ2v) is 6.60. The molecule has 3 atom stereocenters. The van der Waals surface area contributed by atoms with E-state index in [0.29, 0.717) is 12.0 Å². The molecule has 0 amide bonds. The Balaban J connectivity index is 1.99. The van der Waals surface area contributed by atoms with E-state index in [0.717, 1.165) is 12.2 Å². The van der Waals surface area contributed by atoms with Crippen LogP contribution in [-0.4, -0.2) is 12.6 Å². The van der Waals surface area contributed by atoms with Gasteiger partial charge in [0.05, 0.1) is 0 Å². The predicted molar refractivity (Wildman–Crippen MR) is 83.2 cm³/mol. The van der Waals surface area contributed by atoms with E-state index < -0.39 is 0 Å². The topological polar surface area (TPSA) is 21.3 Å². The molecule has 2 nitrogen and oxygen atoms in total. The Hall–Kier alpha value is -1.02. The van der Waals surface area contributed by atoms with Crippen molar-refractivity contribution in [1.29, 1.82) is 0 Å². The Kier molecular flexibility index (Phi) is 3.76. The van der Waals surface area contributed by atoms with Gasteiger partial charge in [-0.05, 0) is 51.6 Å². The summed E-state index contributed by atoms with van der Waals surface area (Å²) in [5.41, 5.74) is 2.74. The molecule has 1 aromatic rings. The van der Waals surface area contributed by atoms with Crippen molar-refractivity contribution in [2.75, 3.05) is 7.05 Å². The maximum absolute atomic E-state index is 6.61. The third-order valence-corrected chi connectivity index (χ3v) is 5.39. The summed E-state index contributed by atoms with van der Waals surface area (Å²) in [5, 5.41) is 3.52. The van der Waals surface area contributed by atoms with Crippen LogP contribution in [0, 0.1) is 12.8 Å². The standard InChI is InChI=1S/C18H27NO/c1-4-14-7-5-6-10-18(14)12-16(19-3)15-11-13(2)8-9-17(15)20-18/h8-9,11,14,16,19H,4-7,10,12H2,1-3H3. The number of rotatable bonds is 2. The van der Waals surface area contributed by atoms with Crippen molar-refractivity contribution in [3.63, 3.8) is 0 Å². The highest BCUT2D eigenvalue weighted by Crippen LogP contribution is 2.49. The van der Waals surface area contributed by atoms with E-state index in [-0.39, 0.29) is 5.60 Å². The molecule has 2 aliphatic rings. The number of benzene rings is 1. The van der Waals surface area contributed by atoms with E-state index in [1.54, 1.807) is 0 Å². The Morgan fingerprint density at radius 1 is 1.35 bits per heavy atom. The molecule has 0 radical (unpaired) electrons. The number of hydrogen-bond donors (Lipinski definition) is 1. The number of nitrogens with one attached hydrogen (secondary N) is 1. The first-order valence-corrected chi connectivity index (χ1v) is 8.15. The van der Waals surface area contributed by atoms with Gasteiger partial charge in [0.2, 0.25) is 0 Å². The molecule has 1 aromatic carbocycles. The second-order valence-electron chi connectivity index (χ2n) is 6.60. The van der Waals surface area contributed by atoms with E-state index in [1.807, 2.05) is 0 Å². The fraction of sp³-hybridized carbons (Fsp3) is 0.667. The molecule has 0 aromatic heterocycles. The van der Waals surface area contributed by atoms with Gasteiger partial charge in [0, 0.05) is 18.0 Å². The van der Waals surface area contributed by atoms with Gasteiger partial charge in [0.25, 0.3) is 0 Å². The SMILES string of the molecule is CCC1CCCCC12CC(NC)c1cc(C)ccc1O2. The average molecular weight is 273 g/mol. The summed E-state index contributed by atoms with van der Waals surface area (Å²) in [4.78, 5) is 0. The lowest BCUT2D eigenvalue weighted by molar-refractivity contribution is -0.0518. The van der Waals surface area contributed by atoms with Crippen LogP contribution in [0.4, 0.5) is 0 Å². The van der Waals surface area contributed by atoms with E-state index in [4.69, 9.17) is 4.74 Å². The lowest BCUT2D eigenvalue weighted by atomic mass is 9.69. The molecular formula is C18H27NO. The van der Waals surface area contributed by atoms with Gasteiger partial charge in [-0.3, -0.25) is 0 Å². The van der Waals surface area contributed by atoms with Crippen LogP contribution in [-0.2, 0) is 0 Å². The summed E-state index contributed by atoms with van der Waals surface area (Å²) in [6.45, 7) is 4.48. The van der Waals surface area contributed by atoms with Crippen molar-refractivity contribution in [1.82, 2.24) is 5.32 Å². The fourth-order valence-electron chi connectivity index (χ4n) is 4.27. The molecule has 0 bridgehead atoms. The van der Waals surface area contributed by atoms with E-state index in [1.165, 1.54) is 43.2 Å². The summed E-state index contributed by atoms with van der Waals surface area (Å²) in [5.74, 6) is 1.82. The molecular weight excluding hydrogens is 246 g/mol. The monoisotopic (exact) mass is 273 g/mol. The molecule has 1 N–H and O–H groups in total. The minimum absolute atomic E-state index is 0.0724. The van der Waals surface area contributed by atoms with Crippen molar-refractivity contribution >= 4 is 0 Å². The average Bonchev–Trinajstić information content (AvgIpc) is 2.47. The molecule has 3 unspecified atom stereocenters. The Labute approximate surface area is 122 Å². The Morgan fingerprint density at radius 3 is 2.95 bits per heavy atom. The van der Waals surface area contributed by atoms with Crippen LogP contribution in [0.5, 0.6) is 5.75 Å². The van der Waals surface area contributed by atoms with Gasteiger partial charge in [0.1, 0.15) is 11.4 Å². The highest BCUT2D eigenvalue weighted by atomic mass is 16.5. The highest BCUT2D eigenvalue weighted by molar-refractivity contribution is 5.42. The van der Waals surface area contributed by atoms with Crippen LogP contribution in [0.2, 0.25) is 0 Å². The molecule has 1 heterocycles. The lowest BCUT2D eigenvalue weighted by Crippen LogP contribution is -2.50. The lowest BCUT2D eigenvalue weighted by Gasteiger charge is -2.49. The molecule has 0 saturated heterocycles. The zero-order valence-electron chi connectivity index (χ0n) is 13.0. The van der Waals surface area contributed by atoms with Crippen molar-refractivity contribution in [2.24, 2.45) is 5.92 Å². The number of aryl methyl sites for hydroxylation is 1. The second kappa shape index (κ2) is 5.40. The zero-order valence-corrected chi connectivity index (χ0v) is 13.0. The summed E-state index contributed by atoms with van der Waals surface area (Å²) in [6, 6.07) is 7.07. The summed E-state index contributed by atoms with van der Waals surface area (Å²) in [7, 11) is 2.08. The van der Waals surface area contributed by atoms with E-state index >= 15 is 0 Å². The van der Waals surface area contributed by atoms with Crippen LogP contribution in [0.25, 0.3) is 0 Å². The van der Waals surface area contributed by atoms with Crippen molar-refractivity contribution in [3.8, 4) is 5.75 Å². The highest BCUT2D eigenvalue weighted by Gasteiger charge is 2.46. The largest absolute Gasteiger partial charge is 0.487 e. The van der Waals surface area contributed by atoms with Crippen molar-refractivity contribution < 1.29 is 4.74 Å². The van der Waals surface area contributed by atoms with E-state index in [9.17, 15) is 0 Å². The molecule has 1 aliphatic carbocycles. The molecule has 110 valence electrons. The van der Waals surface area contributed by atoms with Crippen LogP contribution >= 0.6 is 0 Å². The first-order valence-electron chi connectivity index (χ1n) is 8.15. The molecule has 1 saturated carbocycles. The predicted octanol–water partition coefficient (Wildman–Crippen LogP) is 4.38. The molecule has 3 rings (SSSR count). The van der Waals surface area contributed by atoms with Crippen LogP contribution < -0.4 is 10.1 Å². The van der Waals surface area contributed by atoms with Gasteiger partial charge >= 0.3 is 0 Å². The number of hydrogen-bond acceptors (Lipinski definition) is 2. The molecule has 2 heteroatoms. The third kappa shape index (κ3) is 2.24. The smallest absolute Gasteiger partial charge is 0.124 e. The Morgan fingerprint density at radius 2 is 2.20 bits per heavy atom. The summed E-state index contributed by atoms with van der Waals surface area (Å²) >= 11 is 0. The van der Waals surface area contributed by atoms with Crippen molar-refractivity contribution in [2.45, 2.75) is 64.0 Å². The summed E-state index contributed by atoms with van der Waals surface area (Å²) in [6.07, 6.45) is 7.59. The van der Waals surface area contributed by atoms with E-state index in [2.05, 4.69) is 44.4 Å². The van der Waals surface area contributed by atoms with Gasteiger partial charge in [-0.25, -0.2) is 0 Å². The number of fused-ring (bicyclic) bond motifs is 1. The molecule has 20 heavy (non-hydrogen) atoms. The maximum Gasteiger partial charge on any atom is 0.124 e. The molecule has 1 aliphatic heterocycles. The third-order valence-electron chi connectivity index (χ3n) is 5.39. The minimum atomic E-state index is 0.0724. The Bertz CT molecular complexity index is 484. The molecule has 1 fully saturated rings. The minimum Gasteiger partial charge on any atom is -0.487 e. The first-order chi connectivity index (χ1) is 9.68. The van der Waals surface area contributed by atoms with Crippen LogP contribution in [0.1, 0.15) is 62.6 Å². The number of ether oxygens (including phenoxy) is 1. The normalized spacial score (nSPS) is 32.8. The van der Waals surface area contributed by atoms with Crippen LogP contribution in [0.15, 0.2) is 18.2 Å². The quantitative estimate of drug-likeness (QED) is 0.863. The zero-order chi connectivity index (χ0) is 14.2. The summed E-state index contributed by atoms with van der Waals surface area (Å²) < 4.78 is 6.61. The van der Waals surface area contributed by atoms with Crippen molar-refractivity contribution in [3.05, 3.63) is 29.3 Å². The first kappa shape index (κ1) is 13.9. The van der Waals surface area contributed by atoms with Gasteiger partial charge in [0.15, 0.2) is 0 Å². The molecule has 1 spiro atoms. The van der Waals surface area contributed by atoms with Gasteiger partial charge in [-0.15, -0.1) is 0 Å². The van der Waals surface area contributed by atoms with Crippen LogP contribution in [0.3, 0.4) is 0 Å². The van der Waals surface area contributed by atoms with Gasteiger partial charge in [-0.1, -0.05) is 31.0 Å². The maximum atomic E-state index is 6.61. The van der Waals surface area contributed by atoms with Gasteiger partial charge < -0.3 is 10.1 Å². The van der Waals surface area contributed by atoms with Gasteiger partial charge in [-0.2, -0.15) is 0 Å². The fourth-order valence-corrected chi connectivity index (χ4v) is 4.27.